The first kappa shape index (κ1) is 31.9. The number of hydrogen-bond donors (Lipinski definition) is 3. The van der Waals surface area contributed by atoms with E-state index in [0.29, 0.717) is 24.8 Å². The van der Waals surface area contributed by atoms with Gasteiger partial charge in [0.2, 0.25) is 5.91 Å². The number of aliphatic carboxylic acids is 1. The van der Waals surface area contributed by atoms with Crippen molar-refractivity contribution in [2.75, 3.05) is 13.1 Å². The highest BCUT2D eigenvalue weighted by Crippen LogP contribution is 2.26. The molecule has 1 saturated carbocycles. The molecule has 9 nitrogen and oxygen atoms in total. The molecule has 0 saturated heterocycles. The molecule has 0 bridgehead atoms. The van der Waals surface area contributed by atoms with Crippen LogP contribution in [0.15, 0.2) is 6.20 Å². The number of nitrogens with one attached hydrogen (secondary N) is 1. The molecular weight excluding hydrogens is 482 g/mol. The van der Waals surface area contributed by atoms with Gasteiger partial charge in [0.1, 0.15) is 11.8 Å². The van der Waals surface area contributed by atoms with Crippen LogP contribution in [0.2, 0.25) is 0 Å². The molecule has 1 aromatic heterocycles. The highest BCUT2D eigenvalue weighted by molar-refractivity contribution is 5.81. The number of carboxylic acid groups (broad SMARTS) is 1. The van der Waals surface area contributed by atoms with E-state index in [-0.39, 0.29) is 18.7 Å². The summed E-state index contributed by atoms with van der Waals surface area (Å²) in [6.45, 7) is 1.25. The summed E-state index contributed by atoms with van der Waals surface area (Å²) in [6.07, 6.45) is 21.1. The molecule has 1 amide bonds. The zero-order valence-corrected chi connectivity index (χ0v) is 23.4. The molecule has 0 spiro atoms. The van der Waals surface area contributed by atoms with Crippen molar-refractivity contribution in [1.82, 2.24) is 20.3 Å². The number of rotatable bonds is 22. The molecule has 9 heteroatoms. The van der Waals surface area contributed by atoms with Gasteiger partial charge in [-0.05, 0) is 57.9 Å². The maximum absolute atomic E-state index is 12.8. The van der Waals surface area contributed by atoms with E-state index >= 15 is 0 Å². The second-order valence-electron chi connectivity index (χ2n) is 10.9. The minimum atomic E-state index is -0.930. The monoisotopic (exact) mass is 533 g/mol. The standard InChI is InChI=1S/C29H51N5O4/c30-21-13-8-11-17-25-23-34(33-32-25)26(19-20-28(36)37)29(38)31-22-14-6-4-2-1-3-5-12-18-27(35)24-15-9-7-10-16-24/h23-24,26H,1-22,30H2,(H,31,38)(H,36,37)/t26-/m0/s1. The van der Waals surface area contributed by atoms with Gasteiger partial charge < -0.3 is 16.2 Å². The van der Waals surface area contributed by atoms with Crippen molar-refractivity contribution in [3.8, 4) is 0 Å². The van der Waals surface area contributed by atoms with Crippen molar-refractivity contribution in [2.24, 2.45) is 11.7 Å². The largest absolute Gasteiger partial charge is 0.481 e. The fourth-order valence-electron chi connectivity index (χ4n) is 5.29. The van der Waals surface area contributed by atoms with Crippen molar-refractivity contribution < 1.29 is 19.5 Å². The summed E-state index contributed by atoms with van der Waals surface area (Å²) in [6, 6.07) is -0.665. The lowest BCUT2D eigenvalue weighted by Gasteiger charge is -2.20. The van der Waals surface area contributed by atoms with Crippen LogP contribution in [0.4, 0.5) is 0 Å². The molecule has 0 unspecified atom stereocenters. The number of Topliss-reactive ketones (excluding diaryl/α,β-unsaturated/α-hetero) is 1. The summed E-state index contributed by atoms with van der Waals surface area (Å²) >= 11 is 0. The predicted octanol–water partition coefficient (Wildman–Crippen LogP) is 5.13. The first-order chi connectivity index (χ1) is 18.5. The molecule has 1 aromatic rings. The number of carbonyl (C=O) groups is 3. The molecule has 1 heterocycles. The van der Waals surface area contributed by atoms with E-state index in [1.54, 1.807) is 6.20 Å². The molecule has 0 radical (unpaired) electrons. The molecule has 216 valence electrons. The van der Waals surface area contributed by atoms with E-state index in [1.165, 1.54) is 43.2 Å². The second-order valence-corrected chi connectivity index (χ2v) is 10.9. The predicted molar refractivity (Wildman–Crippen MR) is 149 cm³/mol. The lowest BCUT2D eigenvalue weighted by atomic mass is 9.84. The van der Waals surface area contributed by atoms with E-state index in [0.717, 1.165) is 82.7 Å². The Balaban J connectivity index is 1.56. The molecule has 4 N–H and O–H groups in total. The number of carbonyl (C=O) groups excluding carboxylic acids is 2. The Kier molecular flexibility index (Phi) is 16.6. The second kappa shape index (κ2) is 19.7. The Bertz CT molecular complexity index is 807. The van der Waals surface area contributed by atoms with E-state index in [2.05, 4.69) is 15.6 Å². The average molecular weight is 534 g/mol. The Morgan fingerprint density at radius 3 is 2.26 bits per heavy atom. The lowest BCUT2D eigenvalue weighted by molar-refractivity contribution is -0.137. The van der Waals surface area contributed by atoms with Gasteiger partial charge in [-0.3, -0.25) is 14.4 Å². The van der Waals surface area contributed by atoms with Gasteiger partial charge in [-0.1, -0.05) is 69.4 Å². The topological polar surface area (TPSA) is 140 Å². The van der Waals surface area contributed by atoms with E-state index in [4.69, 9.17) is 10.8 Å². The number of unbranched alkanes of at least 4 members (excludes halogenated alkanes) is 9. The highest BCUT2D eigenvalue weighted by Gasteiger charge is 2.23. The van der Waals surface area contributed by atoms with Crippen LogP contribution < -0.4 is 11.1 Å². The minimum absolute atomic E-state index is 0.0987. The van der Waals surface area contributed by atoms with Gasteiger partial charge in [-0.15, -0.1) is 5.10 Å². The third-order valence-corrected chi connectivity index (χ3v) is 7.66. The zero-order valence-electron chi connectivity index (χ0n) is 23.4. The molecule has 2 rings (SSSR count). The van der Waals surface area contributed by atoms with E-state index < -0.39 is 12.0 Å². The summed E-state index contributed by atoms with van der Waals surface area (Å²) in [5, 5.41) is 20.4. The maximum atomic E-state index is 12.8. The number of hydrogen-bond acceptors (Lipinski definition) is 6. The normalized spacial score (nSPS) is 14.9. The number of nitrogens with zero attached hydrogens (tertiary/aromatic N) is 3. The number of ketones is 1. The number of carboxylic acids is 1. The van der Waals surface area contributed by atoms with Gasteiger partial charge >= 0.3 is 5.97 Å². The van der Waals surface area contributed by atoms with Crippen LogP contribution in [0, 0.1) is 5.92 Å². The van der Waals surface area contributed by atoms with Gasteiger partial charge in [-0.2, -0.15) is 0 Å². The first-order valence-corrected chi connectivity index (χ1v) is 15.1. The van der Waals surface area contributed by atoms with E-state index in [9.17, 15) is 14.4 Å². The number of aryl methyl sites for hydroxylation is 1. The van der Waals surface area contributed by atoms with Crippen LogP contribution in [-0.4, -0.2) is 50.8 Å². The van der Waals surface area contributed by atoms with Gasteiger partial charge in [0, 0.05) is 31.5 Å². The summed E-state index contributed by atoms with van der Waals surface area (Å²) in [4.78, 5) is 36.2. The number of aromatic nitrogens is 3. The number of nitrogens with two attached hydrogens (primary N) is 1. The van der Waals surface area contributed by atoms with Crippen LogP contribution in [0.1, 0.15) is 134 Å². The number of amides is 1. The van der Waals surface area contributed by atoms with Gasteiger partial charge in [0.25, 0.3) is 0 Å². The van der Waals surface area contributed by atoms with Crippen molar-refractivity contribution in [3.63, 3.8) is 0 Å². The third-order valence-electron chi connectivity index (χ3n) is 7.66. The molecule has 1 aliphatic rings. The molecule has 1 aliphatic carbocycles. The lowest BCUT2D eigenvalue weighted by Crippen LogP contribution is -2.34. The van der Waals surface area contributed by atoms with Gasteiger partial charge in [-0.25, -0.2) is 4.68 Å². The van der Waals surface area contributed by atoms with Gasteiger partial charge in [0.05, 0.1) is 5.69 Å². The molecule has 0 aliphatic heterocycles. The van der Waals surface area contributed by atoms with Crippen LogP contribution in [-0.2, 0) is 20.8 Å². The maximum Gasteiger partial charge on any atom is 0.303 e. The minimum Gasteiger partial charge on any atom is -0.481 e. The summed E-state index contributed by atoms with van der Waals surface area (Å²) in [7, 11) is 0. The summed E-state index contributed by atoms with van der Waals surface area (Å²) in [5.41, 5.74) is 6.34. The Morgan fingerprint density at radius 2 is 1.58 bits per heavy atom. The summed E-state index contributed by atoms with van der Waals surface area (Å²) < 4.78 is 1.51. The van der Waals surface area contributed by atoms with E-state index in [1.807, 2.05) is 0 Å². The molecule has 0 aromatic carbocycles. The van der Waals surface area contributed by atoms with Crippen molar-refractivity contribution >= 4 is 17.7 Å². The molecule has 38 heavy (non-hydrogen) atoms. The Labute approximate surface area is 228 Å². The Morgan fingerprint density at radius 1 is 0.921 bits per heavy atom. The first-order valence-electron chi connectivity index (χ1n) is 15.1. The van der Waals surface area contributed by atoms with Crippen LogP contribution >= 0.6 is 0 Å². The average Bonchev–Trinajstić information content (AvgIpc) is 3.38. The molecule has 1 fully saturated rings. The quantitative estimate of drug-likeness (QED) is 0.175. The van der Waals surface area contributed by atoms with Gasteiger partial charge in [0.15, 0.2) is 0 Å². The van der Waals surface area contributed by atoms with Crippen LogP contribution in [0.25, 0.3) is 0 Å². The smallest absolute Gasteiger partial charge is 0.303 e. The van der Waals surface area contributed by atoms with Crippen molar-refractivity contribution in [2.45, 2.75) is 134 Å². The SMILES string of the molecule is NCCCCCc1cn([C@@H](CCC(=O)O)C(=O)NCCCCCCCCCCC(=O)C2CCCCC2)nn1. The van der Waals surface area contributed by atoms with Crippen LogP contribution in [0.3, 0.4) is 0 Å². The molecule has 1 atom stereocenters. The van der Waals surface area contributed by atoms with Crippen molar-refractivity contribution in [1.29, 1.82) is 0 Å². The van der Waals surface area contributed by atoms with Crippen molar-refractivity contribution in [3.05, 3.63) is 11.9 Å². The fraction of sp³-hybridized carbons (Fsp3) is 0.828. The fourth-order valence-corrected chi connectivity index (χ4v) is 5.29. The highest BCUT2D eigenvalue weighted by atomic mass is 16.4. The summed E-state index contributed by atoms with van der Waals surface area (Å²) in [5.74, 6) is -0.282. The Hall–Kier alpha value is -2.29. The third kappa shape index (κ3) is 13.5. The molecular formula is C29H51N5O4. The van der Waals surface area contributed by atoms with Crippen LogP contribution in [0.5, 0.6) is 0 Å². The zero-order chi connectivity index (χ0) is 27.4.